The van der Waals surface area contributed by atoms with Gasteiger partial charge in [-0.3, -0.25) is 28.9 Å². The van der Waals surface area contributed by atoms with E-state index in [1.807, 2.05) is 92.7 Å². The number of aliphatic hydroxyl groups excluding tert-OH is 1. The van der Waals surface area contributed by atoms with E-state index >= 15 is 0 Å². The summed E-state index contributed by atoms with van der Waals surface area (Å²) in [5.41, 5.74) is 5.28. The van der Waals surface area contributed by atoms with Crippen LogP contribution in [0.3, 0.4) is 0 Å². The minimum absolute atomic E-state index is 0.0942. The predicted octanol–water partition coefficient (Wildman–Crippen LogP) is 10.6. The number of ketones is 2. The maximum atomic E-state index is 13.3. The second-order valence-electron chi connectivity index (χ2n) is 17.1. The van der Waals surface area contributed by atoms with E-state index in [0.717, 1.165) is 16.5 Å². The molecule has 10 rings (SSSR count). The summed E-state index contributed by atoms with van der Waals surface area (Å²) in [4.78, 5) is 51.5. The first-order valence-electron chi connectivity index (χ1n) is 23.3. The Morgan fingerprint density at radius 1 is 0.616 bits per heavy atom. The minimum atomic E-state index is -1.04. The van der Waals surface area contributed by atoms with Crippen molar-refractivity contribution in [2.24, 2.45) is 0 Å². The molecule has 2 unspecified atom stereocenters. The number of aryl methyl sites for hydroxylation is 2. The molecule has 0 radical (unpaired) electrons. The second kappa shape index (κ2) is 22.4. The smallest absolute Gasteiger partial charge is 0.234 e. The van der Waals surface area contributed by atoms with E-state index in [9.17, 15) is 19.5 Å². The number of hydrogen-bond donors (Lipinski definition) is 1. The lowest BCUT2D eigenvalue weighted by Gasteiger charge is -2.16. The number of methoxy groups -OCH3 is 2. The molecule has 1 aliphatic heterocycles. The van der Waals surface area contributed by atoms with Gasteiger partial charge in [0.2, 0.25) is 5.91 Å². The highest BCUT2D eigenvalue weighted by Gasteiger charge is 2.25. The van der Waals surface area contributed by atoms with Crippen molar-refractivity contribution in [2.45, 2.75) is 32.5 Å². The van der Waals surface area contributed by atoms with Crippen LogP contribution in [0.1, 0.15) is 54.2 Å². The number of epoxide rings is 1. The molecule has 9 aromatic rings. The first-order valence-corrected chi connectivity index (χ1v) is 23.3. The third-order valence-electron chi connectivity index (χ3n) is 11.7. The zero-order valence-corrected chi connectivity index (χ0v) is 40.4. The van der Waals surface area contributed by atoms with Gasteiger partial charge in [0.1, 0.15) is 48.6 Å². The summed E-state index contributed by atoms with van der Waals surface area (Å²) in [5.74, 6) is 3.32. The van der Waals surface area contributed by atoms with Crippen molar-refractivity contribution in [3.63, 3.8) is 0 Å². The minimum Gasteiger partial charge on any atom is -0.493 e. The Bertz CT molecular complexity index is 3420. The standard InChI is InChI=1S/C31H27N3O6.C27H23NO5/c1-20-8-9-26(24(14-20)31(37)21-6-4-3-5-7-21)40-27-10-11-33-25-17-29(28(38-2)16-23(25)27)39-18-22(35)15-30(36)34-13-12-32-19-34;1-17-8-9-23(21(12-17)27(29)18-6-4-3-5-7-18)33-24-10-11-28-22-14-26(32-16-19-15-31-19)25(30-2)13-20(22)24/h3-14,16-17,19,22,35H,15,18H2,1-2H3;3-14,19H,15-16H2,1-2H3. The second-order valence-corrected chi connectivity index (χ2v) is 17.1. The van der Waals surface area contributed by atoms with Gasteiger partial charge in [0, 0.05) is 58.8 Å². The Morgan fingerprint density at radius 3 is 1.59 bits per heavy atom. The van der Waals surface area contributed by atoms with Gasteiger partial charge in [-0.15, -0.1) is 0 Å². The molecule has 15 heteroatoms. The van der Waals surface area contributed by atoms with Crippen LogP contribution in [0.15, 0.2) is 165 Å². The summed E-state index contributed by atoms with van der Waals surface area (Å²) in [7, 11) is 3.09. The molecule has 4 heterocycles. The quantitative estimate of drug-likeness (QED) is 0.0633. The van der Waals surface area contributed by atoms with Crippen LogP contribution in [0.2, 0.25) is 0 Å². The van der Waals surface area contributed by atoms with Gasteiger partial charge < -0.3 is 38.3 Å². The zero-order valence-electron chi connectivity index (χ0n) is 40.4. The molecule has 0 saturated carbocycles. The fraction of sp³-hybridized carbons (Fsp3) is 0.172. The van der Waals surface area contributed by atoms with Crippen LogP contribution in [0.25, 0.3) is 21.8 Å². The molecule has 1 fully saturated rings. The summed E-state index contributed by atoms with van der Waals surface area (Å²) in [5, 5.41) is 11.7. The molecule has 73 heavy (non-hydrogen) atoms. The normalized spacial score (nSPS) is 13.0. The van der Waals surface area contributed by atoms with Crippen molar-refractivity contribution >= 4 is 39.3 Å². The molecule has 6 aromatic carbocycles. The zero-order chi connectivity index (χ0) is 50.8. The van der Waals surface area contributed by atoms with E-state index in [1.165, 1.54) is 30.4 Å². The van der Waals surface area contributed by atoms with Crippen molar-refractivity contribution in [1.82, 2.24) is 19.5 Å². The molecular weight excluding hydrogens is 929 g/mol. The van der Waals surface area contributed by atoms with Gasteiger partial charge in [-0.2, -0.15) is 0 Å². The fourth-order valence-corrected chi connectivity index (χ4v) is 7.83. The number of ether oxygens (including phenoxy) is 7. The van der Waals surface area contributed by atoms with Gasteiger partial charge in [-0.25, -0.2) is 4.98 Å². The van der Waals surface area contributed by atoms with Gasteiger partial charge >= 0.3 is 0 Å². The maximum absolute atomic E-state index is 13.3. The summed E-state index contributed by atoms with van der Waals surface area (Å²) in [6.45, 7) is 4.92. The molecule has 1 N–H and O–H groups in total. The van der Waals surface area contributed by atoms with E-state index in [0.29, 0.717) is 97.9 Å². The highest BCUT2D eigenvalue weighted by molar-refractivity contribution is 6.11. The lowest BCUT2D eigenvalue weighted by Crippen LogP contribution is -2.24. The highest BCUT2D eigenvalue weighted by atomic mass is 16.6. The first kappa shape index (κ1) is 49.1. The van der Waals surface area contributed by atoms with Crippen LogP contribution in [0.4, 0.5) is 0 Å². The van der Waals surface area contributed by atoms with Crippen LogP contribution < -0.4 is 28.4 Å². The lowest BCUT2D eigenvalue weighted by atomic mass is 10.0. The van der Waals surface area contributed by atoms with Crippen LogP contribution in [-0.4, -0.2) is 88.3 Å². The lowest BCUT2D eigenvalue weighted by molar-refractivity contribution is 0.0681. The van der Waals surface area contributed by atoms with Gasteiger partial charge in [0.05, 0.1) is 55.5 Å². The predicted molar refractivity (Wildman–Crippen MR) is 273 cm³/mol. The van der Waals surface area contributed by atoms with Gasteiger partial charge in [0.15, 0.2) is 34.6 Å². The topological polar surface area (TPSA) is 183 Å². The number of fused-ring (bicyclic) bond motifs is 2. The van der Waals surface area contributed by atoms with Gasteiger partial charge in [-0.05, 0) is 62.4 Å². The third kappa shape index (κ3) is 11.8. The first-order chi connectivity index (χ1) is 35.5. The number of pyridine rings is 2. The van der Waals surface area contributed by atoms with Crippen molar-refractivity contribution in [3.05, 3.63) is 198 Å². The van der Waals surface area contributed by atoms with E-state index in [2.05, 4.69) is 15.0 Å². The van der Waals surface area contributed by atoms with Crippen LogP contribution in [0, 0.1) is 13.8 Å². The number of imidazole rings is 1. The van der Waals surface area contributed by atoms with Gasteiger partial charge in [0.25, 0.3) is 0 Å². The van der Waals surface area contributed by atoms with Crippen LogP contribution in [-0.2, 0) is 4.74 Å². The fourth-order valence-electron chi connectivity index (χ4n) is 7.83. The SMILES string of the molecule is COc1cc2c(Oc3ccc(C)cc3C(=O)c3ccccc3)ccnc2cc1OCC(O)CC(=O)n1ccnc1.COc1cc2c(Oc3ccc(C)cc3C(=O)c3ccccc3)ccnc2cc1OCC1CO1. The summed E-state index contributed by atoms with van der Waals surface area (Å²) in [6.07, 6.45) is 6.62. The molecule has 15 nitrogen and oxygen atoms in total. The molecule has 0 amide bonds. The van der Waals surface area contributed by atoms with Crippen molar-refractivity contribution in [2.75, 3.05) is 34.0 Å². The molecule has 1 aliphatic rings. The van der Waals surface area contributed by atoms with E-state index in [1.54, 1.807) is 74.1 Å². The number of rotatable bonds is 18. The number of aliphatic hydroxyl groups is 1. The number of nitrogens with zero attached hydrogens (tertiary/aromatic N) is 4. The van der Waals surface area contributed by atoms with Crippen molar-refractivity contribution < 1.29 is 52.6 Å². The van der Waals surface area contributed by atoms with Crippen LogP contribution >= 0.6 is 0 Å². The average Bonchev–Trinajstić information content (AvgIpc) is 4.09. The monoisotopic (exact) mass is 978 g/mol. The molecule has 0 aliphatic carbocycles. The largest absolute Gasteiger partial charge is 0.493 e. The highest BCUT2D eigenvalue weighted by Crippen LogP contribution is 2.40. The maximum Gasteiger partial charge on any atom is 0.234 e. The summed E-state index contributed by atoms with van der Waals surface area (Å²) in [6, 6.07) is 39.9. The number of benzene rings is 6. The Kier molecular flexibility index (Phi) is 15.1. The van der Waals surface area contributed by atoms with E-state index in [4.69, 9.17) is 33.2 Å². The van der Waals surface area contributed by atoms with Crippen molar-refractivity contribution in [3.8, 4) is 46.0 Å². The van der Waals surface area contributed by atoms with Gasteiger partial charge in [-0.1, -0.05) is 83.9 Å². The molecule has 2 atom stereocenters. The Labute approximate surface area is 420 Å². The van der Waals surface area contributed by atoms with E-state index in [-0.39, 0.29) is 36.6 Å². The average molecular weight is 979 g/mol. The molecule has 0 spiro atoms. The Hall–Kier alpha value is -8.92. The molecule has 1 saturated heterocycles. The molecule has 0 bridgehead atoms. The van der Waals surface area contributed by atoms with Crippen LogP contribution in [0.5, 0.6) is 46.0 Å². The molecule has 3 aromatic heterocycles. The summed E-state index contributed by atoms with van der Waals surface area (Å²) < 4.78 is 41.9. The third-order valence-corrected chi connectivity index (χ3v) is 11.7. The number of aromatic nitrogens is 4. The Morgan fingerprint density at radius 2 is 1.12 bits per heavy atom. The molecular formula is C58H50N4O11. The molecule has 368 valence electrons. The number of carbonyl (C=O) groups is 3. The van der Waals surface area contributed by atoms with E-state index < -0.39 is 6.10 Å². The number of hydrogen-bond acceptors (Lipinski definition) is 14. The van der Waals surface area contributed by atoms with Crippen molar-refractivity contribution in [1.29, 1.82) is 0 Å². The number of carbonyl (C=O) groups excluding carboxylic acids is 3. The summed E-state index contributed by atoms with van der Waals surface area (Å²) >= 11 is 0. The Balaban J connectivity index is 0.000000183.